The first-order valence-electron chi connectivity index (χ1n) is 16.5. The lowest BCUT2D eigenvalue weighted by Gasteiger charge is -2.30. The molecule has 1 heterocycles. The number of halogens is 3. The molecule has 1 atom stereocenters. The SMILES string of the molecule is CCC(C)(C)c1ccc(OCCCC(CC(N)=O)c2ccccc2C(=O)Nc2cc(=O)n(-c3c(Cl)cc(Cl)cc3Cl)[nH]2)c(C(C)(C)CC)c1. The average molecular weight is 728 g/mol. The number of H-pyrrole nitrogens is 1. The van der Waals surface area contributed by atoms with E-state index in [-0.39, 0.29) is 44.7 Å². The number of carbonyl (C=O) groups excluding carboxylic acids is 2. The molecule has 0 saturated carbocycles. The van der Waals surface area contributed by atoms with E-state index in [2.05, 4.69) is 70.2 Å². The second-order valence-electron chi connectivity index (χ2n) is 13.6. The van der Waals surface area contributed by atoms with Crippen molar-refractivity contribution in [2.75, 3.05) is 11.9 Å². The van der Waals surface area contributed by atoms with Crippen molar-refractivity contribution < 1.29 is 14.3 Å². The number of rotatable bonds is 15. The summed E-state index contributed by atoms with van der Waals surface area (Å²) in [4.78, 5) is 38.6. The van der Waals surface area contributed by atoms with Crippen LogP contribution in [0.3, 0.4) is 0 Å². The maximum Gasteiger partial charge on any atom is 0.273 e. The molecule has 1 aromatic heterocycles. The molecular formula is C38H45Cl3N4O4. The van der Waals surface area contributed by atoms with Gasteiger partial charge in [0.1, 0.15) is 17.3 Å². The molecule has 0 fully saturated rings. The van der Waals surface area contributed by atoms with Crippen LogP contribution >= 0.6 is 34.8 Å². The Morgan fingerprint density at radius 1 is 0.939 bits per heavy atom. The first-order valence-corrected chi connectivity index (χ1v) is 17.6. The topological polar surface area (TPSA) is 119 Å². The van der Waals surface area contributed by atoms with Crippen LogP contribution in [0.4, 0.5) is 5.82 Å². The predicted octanol–water partition coefficient (Wildman–Crippen LogP) is 9.57. The highest BCUT2D eigenvalue weighted by Crippen LogP contribution is 2.39. The van der Waals surface area contributed by atoms with E-state index in [4.69, 9.17) is 45.3 Å². The van der Waals surface area contributed by atoms with Crippen LogP contribution in [0.2, 0.25) is 15.1 Å². The Hall–Kier alpha value is -3.72. The van der Waals surface area contributed by atoms with Gasteiger partial charge in [-0.3, -0.25) is 19.5 Å². The number of nitrogens with zero attached hydrogens (tertiary/aromatic N) is 1. The van der Waals surface area contributed by atoms with E-state index in [1.54, 1.807) is 12.1 Å². The molecule has 8 nitrogen and oxygen atoms in total. The lowest BCUT2D eigenvalue weighted by molar-refractivity contribution is -0.118. The number of ether oxygens (including phenoxy) is 1. The Bertz CT molecular complexity index is 1860. The van der Waals surface area contributed by atoms with Gasteiger partial charge in [0.15, 0.2) is 0 Å². The van der Waals surface area contributed by atoms with Gasteiger partial charge in [0.05, 0.1) is 16.7 Å². The summed E-state index contributed by atoms with van der Waals surface area (Å²) in [5.41, 5.74) is 8.86. The monoisotopic (exact) mass is 726 g/mol. The lowest BCUT2D eigenvalue weighted by Crippen LogP contribution is -2.21. The maximum absolute atomic E-state index is 13.6. The largest absolute Gasteiger partial charge is 0.493 e. The summed E-state index contributed by atoms with van der Waals surface area (Å²) in [6.45, 7) is 13.8. The number of carbonyl (C=O) groups is 2. The third-order valence-electron chi connectivity index (χ3n) is 9.48. The molecule has 3 aromatic carbocycles. The number of nitrogens with one attached hydrogen (secondary N) is 2. The van der Waals surface area contributed by atoms with Crippen LogP contribution in [0, 0.1) is 0 Å². The normalized spacial score (nSPS) is 12.5. The van der Waals surface area contributed by atoms with E-state index in [1.165, 1.54) is 29.3 Å². The molecule has 49 heavy (non-hydrogen) atoms. The highest BCUT2D eigenvalue weighted by molar-refractivity contribution is 6.40. The smallest absolute Gasteiger partial charge is 0.273 e. The van der Waals surface area contributed by atoms with E-state index in [0.717, 1.165) is 23.3 Å². The van der Waals surface area contributed by atoms with Crippen molar-refractivity contribution in [1.29, 1.82) is 0 Å². The minimum Gasteiger partial charge on any atom is -0.493 e. The van der Waals surface area contributed by atoms with Gasteiger partial charge in [-0.05, 0) is 77.8 Å². The van der Waals surface area contributed by atoms with Gasteiger partial charge in [0.2, 0.25) is 5.91 Å². The first kappa shape index (κ1) is 38.1. The van der Waals surface area contributed by atoms with Crippen LogP contribution in [-0.4, -0.2) is 28.2 Å². The highest BCUT2D eigenvalue weighted by atomic mass is 35.5. The summed E-state index contributed by atoms with van der Waals surface area (Å²) in [6, 6.07) is 17.7. The van der Waals surface area contributed by atoms with E-state index >= 15 is 0 Å². The molecule has 2 amide bonds. The van der Waals surface area contributed by atoms with Crippen LogP contribution in [0.5, 0.6) is 5.75 Å². The molecule has 262 valence electrons. The van der Waals surface area contributed by atoms with Crippen molar-refractivity contribution in [2.45, 2.75) is 90.4 Å². The Kier molecular flexibility index (Phi) is 12.3. The molecule has 4 N–H and O–H groups in total. The number of nitrogens with two attached hydrogens (primary N) is 1. The Labute approximate surface area is 303 Å². The van der Waals surface area contributed by atoms with Gasteiger partial charge in [-0.1, -0.05) is 107 Å². The Balaban J connectivity index is 1.52. The third kappa shape index (κ3) is 9.10. The number of aromatic amines is 1. The average Bonchev–Trinajstić information content (AvgIpc) is 3.40. The minimum absolute atomic E-state index is 0.0518. The van der Waals surface area contributed by atoms with E-state index in [1.807, 2.05) is 12.1 Å². The van der Waals surface area contributed by atoms with Gasteiger partial charge in [-0.25, -0.2) is 4.68 Å². The second kappa shape index (κ2) is 15.9. The van der Waals surface area contributed by atoms with Crippen molar-refractivity contribution in [3.8, 4) is 11.4 Å². The molecular weight excluding hydrogens is 683 g/mol. The zero-order valence-corrected chi connectivity index (χ0v) is 31.2. The van der Waals surface area contributed by atoms with Crippen molar-refractivity contribution in [3.63, 3.8) is 0 Å². The minimum atomic E-state index is -0.490. The molecule has 0 aliphatic carbocycles. The summed E-state index contributed by atoms with van der Waals surface area (Å²) in [7, 11) is 0. The van der Waals surface area contributed by atoms with Gasteiger partial charge in [-0.2, -0.15) is 0 Å². The van der Waals surface area contributed by atoms with Crippen LogP contribution in [0.15, 0.2) is 65.5 Å². The van der Waals surface area contributed by atoms with Crippen molar-refractivity contribution >= 4 is 52.4 Å². The third-order valence-corrected chi connectivity index (χ3v) is 10.3. The summed E-state index contributed by atoms with van der Waals surface area (Å²) >= 11 is 18.7. The molecule has 0 aliphatic rings. The van der Waals surface area contributed by atoms with E-state index in [0.29, 0.717) is 35.6 Å². The molecule has 11 heteroatoms. The van der Waals surface area contributed by atoms with Gasteiger partial charge < -0.3 is 15.8 Å². The number of primary amides is 1. The van der Waals surface area contributed by atoms with Gasteiger partial charge in [0.25, 0.3) is 11.5 Å². The fourth-order valence-electron chi connectivity index (χ4n) is 5.75. The van der Waals surface area contributed by atoms with E-state index in [9.17, 15) is 14.4 Å². The quantitative estimate of drug-likeness (QED) is 0.106. The van der Waals surface area contributed by atoms with Crippen molar-refractivity contribution in [3.05, 3.63) is 108 Å². The Morgan fingerprint density at radius 2 is 1.59 bits per heavy atom. The summed E-state index contributed by atoms with van der Waals surface area (Å²) in [5.74, 6) is -0.288. The van der Waals surface area contributed by atoms with Crippen LogP contribution in [-0.2, 0) is 15.6 Å². The number of benzene rings is 3. The van der Waals surface area contributed by atoms with Gasteiger partial charge in [0, 0.05) is 28.6 Å². The van der Waals surface area contributed by atoms with Crippen LogP contribution < -0.4 is 21.3 Å². The number of anilines is 1. The van der Waals surface area contributed by atoms with Gasteiger partial charge >= 0.3 is 0 Å². The van der Waals surface area contributed by atoms with Crippen molar-refractivity contribution in [2.24, 2.45) is 5.73 Å². The molecule has 0 spiro atoms. The highest BCUT2D eigenvalue weighted by Gasteiger charge is 2.27. The van der Waals surface area contributed by atoms with Crippen LogP contribution in [0.25, 0.3) is 5.69 Å². The fraction of sp³-hybridized carbons (Fsp3) is 0.395. The lowest BCUT2D eigenvalue weighted by atomic mass is 9.76. The number of hydrogen-bond donors (Lipinski definition) is 3. The summed E-state index contributed by atoms with van der Waals surface area (Å²) < 4.78 is 7.52. The molecule has 1 unspecified atom stereocenters. The number of amides is 2. The number of hydrogen-bond acceptors (Lipinski definition) is 4. The molecule has 4 rings (SSSR count). The predicted molar refractivity (Wildman–Crippen MR) is 200 cm³/mol. The summed E-state index contributed by atoms with van der Waals surface area (Å²) in [5, 5.41) is 6.23. The molecule has 0 saturated heterocycles. The van der Waals surface area contributed by atoms with E-state index < -0.39 is 17.4 Å². The van der Waals surface area contributed by atoms with Gasteiger partial charge in [-0.15, -0.1) is 0 Å². The number of aromatic nitrogens is 2. The zero-order valence-electron chi connectivity index (χ0n) is 28.9. The maximum atomic E-state index is 13.6. The molecule has 0 aliphatic heterocycles. The molecule has 4 aromatic rings. The second-order valence-corrected chi connectivity index (χ2v) is 14.9. The Morgan fingerprint density at radius 3 is 2.22 bits per heavy atom. The fourth-order valence-corrected chi connectivity index (χ4v) is 6.73. The zero-order chi connectivity index (χ0) is 36.1. The molecule has 0 radical (unpaired) electrons. The van der Waals surface area contributed by atoms with Crippen molar-refractivity contribution in [1.82, 2.24) is 9.78 Å². The standard InChI is InChI=1S/C38H45Cl3N4O4/c1-7-37(3,4)24-15-16-31(28(19-24)38(5,6)8-2)49-17-11-12-23(18-32(42)46)26-13-9-10-14-27(26)36(48)43-33-22-34(47)45(44-33)35-29(40)20-25(39)21-30(35)41/h9-10,13-16,19-23,44H,7-8,11-12,17-18H2,1-6H3,(H2,42,46)(H,43,48). The summed E-state index contributed by atoms with van der Waals surface area (Å²) in [6.07, 6.45) is 3.22. The molecule has 0 bridgehead atoms. The van der Waals surface area contributed by atoms with Crippen LogP contribution in [0.1, 0.15) is 107 Å². The first-order chi connectivity index (χ1) is 23.1.